The van der Waals surface area contributed by atoms with Gasteiger partial charge in [0.25, 0.3) is 0 Å². The van der Waals surface area contributed by atoms with Gasteiger partial charge in [0.2, 0.25) is 0 Å². The van der Waals surface area contributed by atoms with Gasteiger partial charge in [0, 0.05) is 18.0 Å². The molecule has 0 fully saturated rings. The number of benzene rings is 2. The lowest BCUT2D eigenvalue weighted by Gasteiger charge is -2.15. The van der Waals surface area contributed by atoms with Crippen LogP contribution in [0.2, 0.25) is 10.0 Å². The maximum Gasteiger partial charge on any atom is 0.175 e. The first-order valence-corrected chi connectivity index (χ1v) is 10.7. The van der Waals surface area contributed by atoms with E-state index in [-0.39, 0.29) is 12.4 Å². The summed E-state index contributed by atoms with van der Waals surface area (Å²) in [5.41, 5.74) is 2.04. The Morgan fingerprint density at radius 1 is 1.04 bits per heavy atom. The monoisotopic (exact) mass is 521 g/mol. The molecule has 0 spiro atoms. The van der Waals surface area contributed by atoms with E-state index in [1.165, 1.54) is 4.88 Å². The highest BCUT2D eigenvalue weighted by Crippen LogP contribution is 2.37. The van der Waals surface area contributed by atoms with E-state index in [0.717, 1.165) is 28.7 Å². The summed E-state index contributed by atoms with van der Waals surface area (Å²) in [7, 11) is 1.64. The van der Waals surface area contributed by atoms with Crippen molar-refractivity contribution in [3.8, 4) is 11.5 Å². The van der Waals surface area contributed by atoms with Crippen LogP contribution < -0.4 is 14.8 Å². The zero-order chi connectivity index (χ0) is 19.2. The fourth-order valence-corrected chi connectivity index (χ4v) is 4.14. The van der Waals surface area contributed by atoms with Crippen LogP contribution in [0.25, 0.3) is 0 Å². The van der Waals surface area contributed by atoms with Crippen LogP contribution in [-0.2, 0) is 19.7 Å². The smallest absolute Gasteiger partial charge is 0.175 e. The summed E-state index contributed by atoms with van der Waals surface area (Å²) in [5, 5.41) is 6.55. The van der Waals surface area contributed by atoms with Crippen molar-refractivity contribution in [1.82, 2.24) is 5.32 Å². The molecule has 0 saturated carbocycles. The first-order valence-electron chi connectivity index (χ1n) is 8.23. The summed E-state index contributed by atoms with van der Waals surface area (Å²) in [4.78, 5) is 1.31. The van der Waals surface area contributed by atoms with Crippen LogP contribution in [0.3, 0.4) is 0 Å². The Bertz CT molecular complexity index is 907. The third-order valence-electron chi connectivity index (χ3n) is 3.86. The minimum atomic E-state index is 0. The lowest BCUT2D eigenvalue weighted by atomic mass is 10.2. The zero-order valence-electron chi connectivity index (χ0n) is 15.0. The van der Waals surface area contributed by atoms with Gasteiger partial charge in [-0.3, -0.25) is 0 Å². The molecule has 3 nitrogen and oxygen atoms in total. The fraction of sp³-hybridized carbons (Fsp3) is 0.200. The lowest BCUT2D eigenvalue weighted by Crippen LogP contribution is -2.12. The lowest BCUT2D eigenvalue weighted by molar-refractivity contribution is 0.282. The molecule has 0 radical (unpaired) electrons. The van der Waals surface area contributed by atoms with Crippen LogP contribution in [0.1, 0.15) is 16.0 Å². The standard InChI is InChI=1S/C20H18BrCl2NO2S.ClH/c1-25-19-9-14(10-24-11-15-3-2-6-27-15)7-16(21)20(19)26-12-13-4-5-17(22)18(23)8-13;/h2-9,24H,10-12H2,1H3;1H. The maximum atomic E-state index is 6.06. The molecule has 0 aliphatic rings. The Labute approximate surface area is 193 Å². The van der Waals surface area contributed by atoms with Crippen molar-refractivity contribution in [1.29, 1.82) is 0 Å². The number of rotatable bonds is 8. The summed E-state index contributed by atoms with van der Waals surface area (Å²) in [6.45, 7) is 1.94. The summed E-state index contributed by atoms with van der Waals surface area (Å²) in [6.07, 6.45) is 0. The molecule has 8 heteroatoms. The molecule has 0 bridgehead atoms. The van der Waals surface area contributed by atoms with Crippen molar-refractivity contribution in [2.24, 2.45) is 0 Å². The molecular weight excluding hydrogens is 505 g/mol. The molecule has 1 N–H and O–H groups in total. The third-order valence-corrected chi connectivity index (χ3v) is 6.07. The summed E-state index contributed by atoms with van der Waals surface area (Å²) in [5.74, 6) is 1.34. The predicted molar refractivity (Wildman–Crippen MR) is 124 cm³/mol. The van der Waals surface area contributed by atoms with E-state index in [1.807, 2.05) is 18.2 Å². The molecule has 0 unspecified atom stereocenters. The normalized spacial score (nSPS) is 10.4. The van der Waals surface area contributed by atoms with Crippen LogP contribution in [-0.4, -0.2) is 7.11 Å². The average Bonchev–Trinajstić information content (AvgIpc) is 3.16. The summed E-state index contributed by atoms with van der Waals surface area (Å²) < 4.78 is 12.3. The van der Waals surface area contributed by atoms with Crippen LogP contribution in [0.15, 0.2) is 52.3 Å². The molecule has 1 heterocycles. The third kappa shape index (κ3) is 6.28. The Hall–Kier alpha value is -0.950. The molecule has 28 heavy (non-hydrogen) atoms. The van der Waals surface area contributed by atoms with Gasteiger partial charge in [0.15, 0.2) is 11.5 Å². The van der Waals surface area contributed by atoms with Gasteiger partial charge in [0.1, 0.15) is 6.61 Å². The Morgan fingerprint density at radius 3 is 2.54 bits per heavy atom. The second kappa shape index (κ2) is 11.3. The molecule has 0 aliphatic heterocycles. The van der Waals surface area contributed by atoms with Crippen LogP contribution in [0, 0.1) is 0 Å². The van der Waals surface area contributed by atoms with Crippen molar-refractivity contribution in [3.63, 3.8) is 0 Å². The van der Waals surface area contributed by atoms with Crippen LogP contribution in [0.5, 0.6) is 11.5 Å². The van der Waals surface area contributed by atoms with E-state index in [9.17, 15) is 0 Å². The second-order valence-corrected chi connectivity index (χ2v) is 8.53. The van der Waals surface area contributed by atoms with Crippen molar-refractivity contribution in [3.05, 3.63) is 78.4 Å². The van der Waals surface area contributed by atoms with Gasteiger partial charge in [-0.05, 0) is 62.8 Å². The molecule has 2 aromatic carbocycles. The average molecular weight is 524 g/mol. The van der Waals surface area contributed by atoms with Gasteiger partial charge >= 0.3 is 0 Å². The largest absolute Gasteiger partial charge is 0.493 e. The van der Waals surface area contributed by atoms with Gasteiger partial charge in [-0.2, -0.15) is 0 Å². The molecular formula is C20H19BrCl3NO2S. The molecule has 0 amide bonds. The van der Waals surface area contributed by atoms with Gasteiger partial charge in [-0.25, -0.2) is 0 Å². The Kier molecular flexibility index (Phi) is 9.41. The number of nitrogens with one attached hydrogen (secondary N) is 1. The molecule has 150 valence electrons. The van der Waals surface area contributed by atoms with Crippen molar-refractivity contribution < 1.29 is 9.47 Å². The number of hydrogen-bond donors (Lipinski definition) is 1. The first kappa shape index (κ1) is 23.3. The van der Waals surface area contributed by atoms with E-state index in [0.29, 0.717) is 28.2 Å². The minimum absolute atomic E-state index is 0. The van der Waals surface area contributed by atoms with Crippen LogP contribution >= 0.6 is 62.9 Å². The number of methoxy groups -OCH3 is 1. The van der Waals surface area contributed by atoms with Gasteiger partial charge in [-0.15, -0.1) is 23.7 Å². The van der Waals surface area contributed by atoms with Gasteiger partial charge < -0.3 is 14.8 Å². The minimum Gasteiger partial charge on any atom is -0.493 e. The quantitative estimate of drug-likeness (QED) is 0.341. The molecule has 1 aromatic heterocycles. The van der Waals surface area contributed by atoms with E-state index < -0.39 is 0 Å². The predicted octanol–water partition coefficient (Wildman–Crippen LogP) is 7.12. The molecule has 0 aliphatic carbocycles. The van der Waals surface area contributed by atoms with E-state index >= 15 is 0 Å². The molecule has 0 atom stereocenters. The topological polar surface area (TPSA) is 30.5 Å². The highest BCUT2D eigenvalue weighted by molar-refractivity contribution is 9.10. The number of ether oxygens (including phenoxy) is 2. The second-order valence-electron chi connectivity index (χ2n) is 5.83. The Balaban J connectivity index is 0.00000280. The maximum absolute atomic E-state index is 6.06. The van der Waals surface area contributed by atoms with Crippen molar-refractivity contribution in [2.45, 2.75) is 19.7 Å². The highest BCUT2D eigenvalue weighted by atomic mass is 79.9. The van der Waals surface area contributed by atoms with Gasteiger partial charge in [-0.1, -0.05) is 35.3 Å². The number of halogens is 4. The molecule has 3 aromatic rings. The molecule has 0 saturated heterocycles. The van der Waals surface area contributed by atoms with Gasteiger partial charge in [0.05, 0.1) is 21.6 Å². The molecule has 3 rings (SSSR count). The van der Waals surface area contributed by atoms with Crippen molar-refractivity contribution in [2.75, 3.05) is 7.11 Å². The zero-order valence-corrected chi connectivity index (χ0v) is 19.7. The highest BCUT2D eigenvalue weighted by Gasteiger charge is 2.12. The van der Waals surface area contributed by atoms with E-state index in [1.54, 1.807) is 30.6 Å². The fourth-order valence-electron chi connectivity index (χ4n) is 2.54. The Morgan fingerprint density at radius 2 is 1.86 bits per heavy atom. The number of thiophene rings is 1. The first-order chi connectivity index (χ1) is 13.1. The summed E-state index contributed by atoms with van der Waals surface area (Å²) in [6, 6.07) is 13.6. The van der Waals surface area contributed by atoms with E-state index in [4.69, 9.17) is 32.7 Å². The van der Waals surface area contributed by atoms with Crippen LogP contribution in [0.4, 0.5) is 0 Å². The van der Waals surface area contributed by atoms with E-state index in [2.05, 4.69) is 38.8 Å². The summed E-state index contributed by atoms with van der Waals surface area (Å²) >= 11 is 17.4. The number of hydrogen-bond acceptors (Lipinski definition) is 4. The SMILES string of the molecule is COc1cc(CNCc2cccs2)cc(Br)c1OCc1ccc(Cl)c(Cl)c1.Cl. The van der Waals surface area contributed by atoms with Crippen molar-refractivity contribution >= 4 is 62.9 Å².